The van der Waals surface area contributed by atoms with Gasteiger partial charge in [-0.3, -0.25) is 5.43 Å². The lowest BCUT2D eigenvalue weighted by molar-refractivity contribution is 0.107. The fourth-order valence-corrected chi connectivity index (χ4v) is 2.50. The van der Waals surface area contributed by atoms with E-state index in [4.69, 9.17) is 10.6 Å². The summed E-state index contributed by atoms with van der Waals surface area (Å²) in [7, 11) is 0. The van der Waals surface area contributed by atoms with Gasteiger partial charge in [0.2, 0.25) is 5.95 Å². The van der Waals surface area contributed by atoms with Crippen molar-refractivity contribution in [3.05, 3.63) is 24.3 Å². The van der Waals surface area contributed by atoms with Crippen molar-refractivity contribution in [2.75, 3.05) is 23.9 Å². The van der Waals surface area contributed by atoms with Crippen LogP contribution in [0.4, 0.5) is 11.8 Å². The summed E-state index contributed by atoms with van der Waals surface area (Å²) in [5.41, 5.74) is 3.37. The molecule has 1 aliphatic rings. The molecule has 1 aromatic carbocycles. The van der Waals surface area contributed by atoms with Crippen molar-refractivity contribution >= 4 is 22.7 Å². The smallest absolute Gasteiger partial charge is 0.239 e. The van der Waals surface area contributed by atoms with Crippen molar-refractivity contribution in [3.63, 3.8) is 0 Å². The number of benzene rings is 1. The van der Waals surface area contributed by atoms with Gasteiger partial charge in [-0.05, 0) is 31.4 Å². The van der Waals surface area contributed by atoms with Crippen LogP contribution in [0, 0.1) is 0 Å². The largest absolute Gasteiger partial charge is 0.378 e. The molecule has 2 aromatic rings. The third-order valence-corrected chi connectivity index (χ3v) is 3.52. The molecule has 1 unspecified atom stereocenters. The number of rotatable bonds is 5. The Balaban J connectivity index is 1.75. The molecule has 0 amide bonds. The molecule has 0 aliphatic carbocycles. The summed E-state index contributed by atoms with van der Waals surface area (Å²) in [6.07, 6.45) is 3.69. The Morgan fingerprint density at radius 1 is 1.30 bits per heavy atom. The van der Waals surface area contributed by atoms with Crippen LogP contribution in [0.2, 0.25) is 0 Å². The van der Waals surface area contributed by atoms with Crippen LogP contribution in [0.15, 0.2) is 24.3 Å². The van der Waals surface area contributed by atoms with Crippen molar-refractivity contribution in [3.8, 4) is 0 Å². The zero-order valence-electron chi connectivity index (χ0n) is 11.3. The molecule has 1 aromatic heterocycles. The number of ether oxygens (including phenoxy) is 1. The topological polar surface area (TPSA) is 85.1 Å². The van der Waals surface area contributed by atoms with Crippen LogP contribution in [0.3, 0.4) is 0 Å². The summed E-state index contributed by atoms with van der Waals surface area (Å²) in [5, 5.41) is 4.36. The van der Waals surface area contributed by atoms with Gasteiger partial charge in [-0.25, -0.2) is 10.8 Å². The monoisotopic (exact) mass is 273 g/mol. The van der Waals surface area contributed by atoms with Gasteiger partial charge < -0.3 is 10.1 Å². The summed E-state index contributed by atoms with van der Waals surface area (Å²) >= 11 is 0. The van der Waals surface area contributed by atoms with Crippen LogP contribution in [-0.2, 0) is 4.74 Å². The Hall–Kier alpha value is -1.92. The molecule has 1 fully saturated rings. The molecule has 20 heavy (non-hydrogen) atoms. The number of para-hydroxylation sites is 1. The predicted molar refractivity (Wildman–Crippen MR) is 79.4 cm³/mol. The molecule has 0 radical (unpaired) electrons. The van der Waals surface area contributed by atoms with E-state index in [0.29, 0.717) is 12.1 Å². The van der Waals surface area contributed by atoms with E-state index in [1.807, 2.05) is 24.3 Å². The molecular formula is C14H19N5O. The number of fused-ring (bicyclic) bond motifs is 1. The number of aromatic nitrogens is 2. The Labute approximate surface area is 117 Å². The van der Waals surface area contributed by atoms with Crippen molar-refractivity contribution in [1.82, 2.24) is 9.97 Å². The van der Waals surface area contributed by atoms with E-state index >= 15 is 0 Å². The van der Waals surface area contributed by atoms with Crippen molar-refractivity contribution < 1.29 is 4.74 Å². The van der Waals surface area contributed by atoms with Crippen molar-refractivity contribution in [1.29, 1.82) is 0 Å². The molecule has 106 valence electrons. The third-order valence-electron chi connectivity index (χ3n) is 3.52. The van der Waals surface area contributed by atoms with Crippen LogP contribution in [0.1, 0.15) is 19.3 Å². The summed E-state index contributed by atoms with van der Waals surface area (Å²) < 4.78 is 5.62. The SMILES string of the molecule is NNc1nc(NCCC2CCCO2)c2ccccc2n1. The summed E-state index contributed by atoms with van der Waals surface area (Å²) in [5.74, 6) is 6.64. The van der Waals surface area contributed by atoms with Crippen LogP contribution in [0.25, 0.3) is 10.9 Å². The average molecular weight is 273 g/mol. The third kappa shape index (κ3) is 2.81. The minimum atomic E-state index is 0.378. The second-order valence-corrected chi connectivity index (χ2v) is 4.91. The molecular weight excluding hydrogens is 254 g/mol. The number of hydrogen-bond acceptors (Lipinski definition) is 6. The molecule has 0 bridgehead atoms. The molecule has 0 saturated carbocycles. The highest BCUT2D eigenvalue weighted by atomic mass is 16.5. The first-order valence-electron chi connectivity index (χ1n) is 6.95. The Kier molecular flexibility index (Phi) is 3.94. The quantitative estimate of drug-likeness (QED) is 0.570. The van der Waals surface area contributed by atoms with Gasteiger partial charge in [0.1, 0.15) is 5.82 Å². The molecule has 6 nitrogen and oxygen atoms in total. The van der Waals surface area contributed by atoms with Gasteiger partial charge in [0, 0.05) is 18.5 Å². The van der Waals surface area contributed by atoms with E-state index in [0.717, 1.165) is 42.7 Å². The molecule has 2 heterocycles. The molecule has 1 aliphatic heterocycles. The van der Waals surface area contributed by atoms with Gasteiger partial charge in [-0.15, -0.1) is 0 Å². The van der Waals surface area contributed by atoms with E-state index in [1.54, 1.807) is 0 Å². The zero-order valence-corrected chi connectivity index (χ0v) is 11.3. The van der Waals surface area contributed by atoms with Crippen molar-refractivity contribution in [2.24, 2.45) is 5.84 Å². The number of hydrazine groups is 1. The Morgan fingerprint density at radius 2 is 2.20 bits per heavy atom. The maximum absolute atomic E-state index is 5.62. The lowest BCUT2D eigenvalue weighted by atomic mass is 10.2. The lowest BCUT2D eigenvalue weighted by Crippen LogP contribution is -2.15. The molecule has 6 heteroatoms. The maximum Gasteiger partial charge on any atom is 0.239 e. The highest BCUT2D eigenvalue weighted by molar-refractivity contribution is 5.89. The van der Waals surface area contributed by atoms with E-state index in [2.05, 4.69) is 20.7 Å². The minimum absolute atomic E-state index is 0.378. The van der Waals surface area contributed by atoms with E-state index in [-0.39, 0.29) is 0 Å². The second-order valence-electron chi connectivity index (χ2n) is 4.91. The second kappa shape index (κ2) is 6.02. The molecule has 4 N–H and O–H groups in total. The lowest BCUT2D eigenvalue weighted by Gasteiger charge is -2.12. The van der Waals surface area contributed by atoms with Gasteiger partial charge in [0.05, 0.1) is 11.6 Å². The standard InChI is InChI=1S/C14H19N5O/c15-19-14-17-12-6-2-1-5-11(12)13(18-14)16-8-7-10-4-3-9-20-10/h1-2,5-6,10H,3-4,7-9,15H2,(H2,16,17,18,19). The molecule has 1 atom stereocenters. The van der Waals surface area contributed by atoms with Gasteiger partial charge in [-0.1, -0.05) is 12.1 Å². The molecule has 3 rings (SSSR count). The number of nitrogen functional groups attached to an aromatic ring is 1. The fourth-order valence-electron chi connectivity index (χ4n) is 2.50. The van der Waals surface area contributed by atoms with Crippen LogP contribution < -0.4 is 16.6 Å². The summed E-state index contributed by atoms with van der Waals surface area (Å²) in [4.78, 5) is 8.71. The van der Waals surface area contributed by atoms with Gasteiger partial charge in [0.25, 0.3) is 0 Å². The average Bonchev–Trinajstić information content (AvgIpc) is 3.00. The first-order valence-corrected chi connectivity index (χ1v) is 6.95. The normalized spacial score (nSPS) is 18.4. The van der Waals surface area contributed by atoms with E-state index < -0.39 is 0 Å². The number of nitrogens with two attached hydrogens (primary N) is 1. The number of hydrogen-bond donors (Lipinski definition) is 3. The van der Waals surface area contributed by atoms with Gasteiger partial charge >= 0.3 is 0 Å². The van der Waals surface area contributed by atoms with Gasteiger partial charge in [-0.2, -0.15) is 4.98 Å². The zero-order chi connectivity index (χ0) is 13.8. The van der Waals surface area contributed by atoms with E-state index in [1.165, 1.54) is 6.42 Å². The highest BCUT2D eigenvalue weighted by Crippen LogP contribution is 2.22. The fraction of sp³-hybridized carbons (Fsp3) is 0.429. The molecule has 0 spiro atoms. The number of anilines is 2. The van der Waals surface area contributed by atoms with Crippen molar-refractivity contribution in [2.45, 2.75) is 25.4 Å². The highest BCUT2D eigenvalue weighted by Gasteiger charge is 2.15. The molecule has 1 saturated heterocycles. The Bertz CT molecular complexity index is 583. The number of nitrogens with one attached hydrogen (secondary N) is 2. The van der Waals surface area contributed by atoms with Crippen LogP contribution in [-0.4, -0.2) is 29.2 Å². The van der Waals surface area contributed by atoms with Gasteiger partial charge in [0.15, 0.2) is 0 Å². The summed E-state index contributed by atoms with van der Waals surface area (Å²) in [6.45, 7) is 1.72. The van der Waals surface area contributed by atoms with Crippen LogP contribution >= 0.6 is 0 Å². The van der Waals surface area contributed by atoms with E-state index in [9.17, 15) is 0 Å². The van der Waals surface area contributed by atoms with Crippen LogP contribution in [0.5, 0.6) is 0 Å². The first-order chi connectivity index (χ1) is 9.86. The first kappa shape index (κ1) is 13.1. The number of nitrogens with zero attached hydrogens (tertiary/aromatic N) is 2. The maximum atomic E-state index is 5.62. The minimum Gasteiger partial charge on any atom is -0.378 e. The Morgan fingerprint density at radius 3 is 3.00 bits per heavy atom. The summed E-state index contributed by atoms with van der Waals surface area (Å²) in [6, 6.07) is 7.88. The predicted octanol–water partition coefficient (Wildman–Crippen LogP) is 1.90.